The SMILES string of the molecule is CC(C)(C)N1C=C(SCCC(=O)O)SC1S(N)(=O)=O. The lowest BCUT2D eigenvalue weighted by molar-refractivity contribution is -0.136. The minimum absolute atomic E-state index is 0.0398. The van der Waals surface area contributed by atoms with Gasteiger partial charge in [-0.25, -0.2) is 13.6 Å². The first-order valence-electron chi connectivity index (χ1n) is 5.55. The summed E-state index contributed by atoms with van der Waals surface area (Å²) < 4.78 is 23.1. The monoisotopic (exact) mass is 326 g/mol. The topological polar surface area (TPSA) is 101 Å². The Hall–Kier alpha value is -0.380. The summed E-state index contributed by atoms with van der Waals surface area (Å²) in [6.45, 7) is 5.69. The molecular formula is C10H18N2O4S3. The molecule has 0 amide bonds. The third-order valence-corrected chi connectivity index (χ3v) is 6.39. The van der Waals surface area contributed by atoms with Crippen molar-refractivity contribution in [3.63, 3.8) is 0 Å². The lowest BCUT2D eigenvalue weighted by atomic mass is 10.1. The van der Waals surface area contributed by atoms with Crippen LogP contribution in [-0.2, 0) is 14.8 Å². The molecule has 0 saturated heterocycles. The number of nitrogens with zero attached hydrogens (tertiary/aromatic N) is 1. The van der Waals surface area contributed by atoms with Crippen molar-refractivity contribution in [3.05, 3.63) is 10.4 Å². The molecule has 0 fully saturated rings. The number of nitrogens with two attached hydrogens (primary N) is 1. The van der Waals surface area contributed by atoms with Crippen molar-refractivity contribution in [2.24, 2.45) is 5.14 Å². The minimum atomic E-state index is -3.70. The Labute approximate surface area is 121 Å². The van der Waals surface area contributed by atoms with Gasteiger partial charge in [0.1, 0.15) is 0 Å². The Kier molecular flexibility index (Phi) is 5.21. The zero-order chi connectivity index (χ0) is 14.8. The number of primary sulfonamides is 1. The van der Waals surface area contributed by atoms with Crippen molar-refractivity contribution in [1.82, 2.24) is 4.90 Å². The zero-order valence-electron chi connectivity index (χ0n) is 11.0. The van der Waals surface area contributed by atoms with Gasteiger partial charge >= 0.3 is 5.97 Å². The van der Waals surface area contributed by atoms with Gasteiger partial charge in [-0.15, -0.1) is 11.8 Å². The van der Waals surface area contributed by atoms with E-state index in [2.05, 4.69) is 0 Å². The number of rotatable bonds is 5. The third-order valence-electron chi connectivity index (χ3n) is 2.30. The first-order valence-corrected chi connectivity index (χ1v) is 9.02. The maximum Gasteiger partial charge on any atom is 0.304 e. The van der Waals surface area contributed by atoms with Gasteiger partial charge in [-0.1, -0.05) is 11.8 Å². The Morgan fingerprint density at radius 3 is 2.53 bits per heavy atom. The van der Waals surface area contributed by atoms with Gasteiger partial charge in [-0.3, -0.25) is 4.79 Å². The van der Waals surface area contributed by atoms with Gasteiger partial charge in [-0.05, 0) is 20.8 Å². The second-order valence-corrected chi connectivity index (χ2v) is 9.47. The summed E-state index contributed by atoms with van der Waals surface area (Å²) in [7, 11) is -3.70. The van der Waals surface area contributed by atoms with Gasteiger partial charge in [0.25, 0.3) is 0 Å². The molecule has 0 aromatic carbocycles. The van der Waals surface area contributed by atoms with Crippen LogP contribution in [0.2, 0.25) is 0 Å². The van der Waals surface area contributed by atoms with Gasteiger partial charge in [-0.2, -0.15) is 0 Å². The van der Waals surface area contributed by atoms with Crippen LogP contribution in [0, 0.1) is 0 Å². The third kappa shape index (κ3) is 4.90. The van der Waals surface area contributed by atoms with E-state index < -0.39 is 20.7 Å². The number of aliphatic carboxylic acids is 1. The Morgan fingerprint density at radius 1 is 1.58 bits per heavy atom. The van der Waals surface area contributed by atoms with E-state index in [1.54, 1.807) is 11.1 Å². The van der Waals surface area contributed by atoms with Crippen molar-refractivity contribution in [2.75, 3.05) is 5.75 Å². The van der Waals surface area contributed by atoms with Crippen molar-refractivity contribution in [3.8, 4) is 0 Å². The Bertz CT molecular complexity index is 481. The molecule has 0 spiro atoms. The van der Waals surface area contributed by atoms with E-state index in [4.69, 9.17) is 10.2 Å². The van der Waals surface area contributed by atoms with Crippen molar-refractivity contribution in [2.45, 2.75) is 37.4 Å². The molecule has 19 heavy (non-hydrogen) atoms. The number of carbonyl (C=O) groups is 1. The number of hydrogen-bond acceptors (Lipinski definition) is 6. The van der Waals surface area contributed by atoms with Gasteiger partial charge in [0, 0.05) is 17.5 Å². The number of carboxylic acid groups (broad SMARTS) is 1. The smallest absolute Gasteiger partial charge is 0.304 e. The predicted octanol–water partition coefficient (Wildman–Crippen LogP) is 1.41. The second-order valence-electron chi connectivity index (χ2n) is 5.03. The number of thioether (sulfide) groups is 2. The van der Waals surface area contributed by atoms with E-state index in [0.29, 0.717) is 5.75 Å². The summed E-state index contributed by atoms with van der Waals surface area (Å²) >= 11 is 2.48. The fourth-order valence-corrected chi connectivity index (χ4v) is 5.46. The molecule has 110 valence electrons. The molecule has 0 aromatic rings. The molecule has 1 heterocycles. The number of hydrogen-bond donors (Lipinski definition) is 2. The fourth-order valence-electron chi connectivity index (χ4n) is 1.41. The summed E-state index contributed by atoms with van der Waals surface area (Å²) in [5.41, 5.74) is -0.376. The number of carboxylic acids is 1. The summed E-state index contributed by atoms with van der Waals surface area (Å²) in [6.07, 6.45) is 1.78. The molecule has 1 unspecified atom stereocenters. The van der Waals surface area contributed by atoms with Crippen LogP contribution >= 0.6 is 23.5 Å². The summed E-state index contributed by atoms with van der Waals surface area (Å²) in [5.74, 6) is -0.462. The predicted molar refractivity (Wildman–Crippen MR) is 78.9 cm³/mol. The van der Waals surface area contributed by atoms with Crippen molar-refractivity contribution in [1.29, 1.82) is 0 Å². The average molecular weight is 326 g/mol. The highest BCUT2D eigenvalue weighted by Crippen LogP contribution is 2.44. The lowest BCUT2D eigenvalue weighted by Gasteiger charge is -2.35. The standard InChI is InChI=1S/C10H18N2O4S3/c1-10(2,3)12-6-8(17-5-4-7(13)14)18-9(12)19(11,15)16/h6,9H,4-5H2,1-3H3,(H,13,14)(H2,11,15,16). The van der Waals surface area contributed by atoms with E-state index in [-0.39, 0.29) is 12.0 Å². The molecule has 0 radical (unpaired) electrons. The van der Waals surface area contributed by atoms with Crippen LogP contribution in [0.4, 0.5) is 0 Å². The van der Waals surface area contributed by atoms with E-state index >= 15 is 0 Å². The highest BCUT2D eigenvalue weighted by molar-refractivity contribution is 8.26. The lowest BCUT2D eigenvalue weighted by Crippen LogP contribution is -2.46. The van der Waals surface area contributed by atoms with Crippen LogP contribution in [0.15, 0.2) is 10.4 Å². The first kappa shape index (κ1) is 16.7. The van der Waals surface area contributed by atoms with Gasteiger partial charge in [0.05, 0.1) is 10.7 Å². The molecule has 0 saturated carbocycles. The molecule has 1 aliphatic rings. The zero-order valence-corrected chi connectivity index (χ0v) is 13.4. The first-order chi connectivity index (χ1) is 8.51. The molecule has 6 nitrogen and oxygen atoms in total. The molecule has 1 atom stereocenters. The van der Waals surface area contributed by atoms with Crippen LogP contribution in [0.3, 0.4) is 0 Å². The molecule has 0 bridgehead atoms. The van der Waals surface area contributed by atoms with E-state index in [1.807, 2.05) is 20.8 Å². The fraction of sp³-hybridized carbons (Fsp3) is 0.700. The minimum Gasteiger partial charge on any atom is -0.481 e. The highest BCUT2D eigenvalue weighted by atomic mass is 32.3. The largest absolute Gasteiger partial charge is 0.481 e. The van der Waals surface area contributed by atoms with E-state index in [0.717, 1.165) is 16.0 Å². The van der Waals surface area contributed by atoms with Crippen molar-refractivity contribution >= 4 is 39.5 Å². The Morgan fingerprint density at radius 2 is 2.16 bits per heavy atom. The van der Waals surface area contributed by atoms with E-state index in [1.165, 1.54) is 11.8 Å². The van der Waals surface area contributed by atoms with Crippen LogP contribution < -0.4 is 5.14 Å². The maximum atomic E-state index is 11.6. The van der Waals surface area contributed by atoms with Crippen LogP contribution in [0.5, 0.6) is 0 Å². The summed E-state index contributed by atoms with van der Waals surface area (Å²) in [5, 5.41) is 13.8. The number of sulfonamides is 1. The van der Waals surface area contributed by atoms with Crippen LogP contribution in [0.1, 0.15) is 27.2 Å². The molecular weight excluding hydrogens is 308 g/mol. The molecule has 1 aliphatic heterocycles. The van der Waals surface area contributed by atoms with Gasteiger partial charge in [0.15, 0.2) is 4.71 Å². The molecule has 9 heteroatoms. The average Bonchev–Trinajstić information content (AvgIpc) is 2.60. The molecule has 3 N–H and O–H groups in total. The molecule has 0 aromatic heterocycles. The summed E-state index contributed by atoms with van der Waals surface area (Å²) in [4.78, 5) is 12.1. The quantitative estimate of drug-likeness (QED) is 0.787. The van der Waals surface area contributed by atoms with E-state index in [9.17, 15) is 13.2 Å². The van der Waals surface area contributed by atoms with Crippen molar-refractivity contribution < 1.29 is 18.3 Å². The Balaban J connectivity index is 2.79. The maximum absolute atomic E-state index is 11.6. The van der Waals surface area contributed by atoms with Crippen LogP contribution in [0.25, 0.3) is 0 Å². The molecule has 0 aliphatic carbocycles. The highest BCUT2D eigenvalue weighted by Gasteiger charge is 2.39. The molecule has 1 rings (SSSR count). The van der Waals surface area contributed by atoms with Gasteiger partial charge < -0.3 is 10.0 Å². The van der Waals surface area contributed by atoms with Gasteiger partial charge in [0.2, 0.25) is 10.0 Å². The second kappa shape index (κ2) is 5.94. The normalized spacial score (nSPS) is 20.5. The van der Waals surface area contributed by atoms with Crippen LogP contribution in [-0.4, -0.2) is 40.4 Å². The summed E-state index contributed by atoms with van der Waals surface area (Å²) in [6, 6.07) is 0.